The Labute approximate surface area is 127 Å². The number of thioether (sulfide) groups is 1. The largest absolute Gasteiger partial charge is 0.375 e. The SMILES string of the molecule is Cc1cccc(CSc2nc3nc(N)sc3c(=O)[nH]2)c1F. The molecule has 5 nitrogen and oxygen atoms in total. The Morgan fingerprint density at radius 1 is 1.43 bits per heavy atom. The van der Waals surface area contributed by atoms with Crippen LogP contribution in [-0.2, 0) is 5.75 Å². The number of nitrogens with one attached hydrogen (secondary N) is 1. The minimum atomic E-state index is -0.276. The summed E-state index contributed by atoms with van der Waals surface area (Å²) in [4.78, 5) is 22.8. The summed E-state index contributed by atoms with van der Waals surface area (Å²) in [6.07, 6.45) is 0. The molecule has 0 saturated carbocycles. The van der Waals surface area contributed by atoms with Gasteiger partial charge in [0.25, 0.3) is 5.56 Å². The van der Waals surface area contributed by atoms with Gasteiger partial charge in [0.1, 0.15) is 10.5 Å². The molecule has 21 heavy (non-hydrogen) atoms. The third-order valence-corrected chi connectivity index (χ3v) is 4.69. The van der Waals surface area contributed by atoms with E-state index in [0.717, 1.165) is 11.3 Å². The molecule has 8 heteroatoms. The highest BCUT2D eigenvalue weighted by atomic mass is 32.2. The van der Waals surface area contributed by atoms with Crippen molar-refractivity contribution in [3.8, 4) is 0 Å². The summed E-state index contributed by atoms with van der Waals surface area (Å²) in [7, 11) is 0. The molecule has 3 rings (SSSR count). The summed E-state index contributed by atoms with van der Waals surface area (Å²) in [5.41, 5.74) is 6.78. The lowest BCUT2D eigenvalue weighted by Crippen LogP contribution is -2.07. The number of anilines is 1. The van der Waals surface area contributed by atoms with E-state index < -0.39 is 0 Å². The first-order chi connectivity index (χ1) is 10.0. The summed E-state index contributed by atoms with van der Waals surface area (Å²) in [6, 6.07) is 5.23. The normalized spacial score (nSPS) is 11.1. The molecular formula is C13H11FN4OS2. The number of nitrogens with two attached hydrogens (primary N) is 1. The second kappa shape index (κ2) is 5.45. The minimum absolute atomic E-state index is 0.230. The third-order valence-electron chi connectivity index (χ3n) is 2.90. The van der Waals surface area contributed by atoms with Crippen LogP contribution in [0, 0.1) is 12.7 Å². The molecule has 0 radical (unpaired) electrons. The average Bonchev–Trinajstić information content (AvgIpc) is 2.81. The second-order valence-corrected chi connectivity index (χ2v) is 6.41. The molecule has 3 aromatic rings. The van der Waals surface area contributed by atoms with Crippen LogP contribution in [0.15, 0.2) is 28.2 Å². The Kier molecular flexibility index (Phi) is 3.64. The van der Waals surface area contributed by atoms with Gasteiger partial charge in [-0.1, -0.05) is 41.3 Å². The smallest absolute Gasteiger partial charge is 0.271 e. The van der Waals surface area contributed by atoms with Crippen molar-refractivity contribution in [2.24, 2.45) is 0 Å². The number of fused-ring (bicyclic) bond motifs is 1. The Hall–Kier alpha value is -1.93. The number of rotatable bonds is 3. The Morgan fingerprint density at radius 3 is 3.05 bits per heavy atom. The molecule has 0 atom stereocenters. The van der Waals surface area contributed by atoms with Crippen molar-refractivity contribution in [2.45, 2.75) is 17.8 Å². The van der Waals surface area contributed by atoms with Crippen molar-refractivity contribution >= 4 is 38.6 Å². The van der Waals surface area contributed by atoms with Gasteiger partial charge in [-0.3, -0.25) is 4.79 Å². The fourth-order valence-electron chi connectivity index (χ4n) is 1.86. The summed E-state index contributed by atoms with van der Waals surface area (Å²) in [5, 5.41) is 0.702. The van der Waals surface area contributed by atoms with Crippen LogP contribution in [0.2, 0.25) is 0 Å². The number of hydrogen-bond donors (Lipinski definition) is 2. The fraction of sp³-hybridized carbons (Fsp3) is 0.154. The second-order valence-electron chi connectivity index (χ2n) is 4.41. The molecule has 0 unspecified atom stereocenters. The van der Waals surface area contributed by atoms with Gasteiger partial charge in [-0.2, -0.15) is 0 Å². The van der Waals surface area contributed by atoms with Gasteiger partial charge in [0.15, 0.2) is 15.9 Å². The van der Waals surface area contributed by atoms with Gasteiger partial charge < -0.3 is 10.7 Å². The van der Waals surface area contributed by atoms with Crippen molar-refractivity contribution in [2.75, 3.05) is 5.73 Å². The molecule has 108 valence electrons. The molecule has 0 aliphatic carbocycles. The summed E-state index contributed by atoms with van der Waals surface area (Å²) < 4.78 is 14.3. The number of nitrogen functional groups attached to an aromatic ring is 1. The van der Waals surface area contributed by atoms with Crippen molar-refractivity contribution < 1.29 is 4.39 Å². The number of benzene rings is 1. The highest BCUT2D eigenvalue weighted by molar-refractivity contribution is 7.98. The van der Waals surface area contributed by atoms with E-state index in [2.05, 4.69) is 15.0 Å². The first-order valence-corrected chi connectivity index (χ1v) is 7.88. The highest BCUT2D eigenvalue weighted by Gasteiger charge is 2.11. The van der Waals surface area contributed by atoms with Crippen molar-refractivity contribution in [3.05, 3.63) is 45.5 Å². The molecule has 0 amide bonds. The van der Waals surface area contributed by atoms with Gasteiger partial charge in [0.2, 0.25) is 0 Å². The monoisotopic (exact) mass is 322 g/mol. The molecule has 0 bridgehead atoms. The van der Waals surface area contributed by atoms with E-state index in [4.69, 9.17) is 5.73 Å². The summed E-state index contributed by atoms with van der Waals surface area (Å²) in [5.74, 6) is 0.146. The lowest BCUT2D eigenvalue weighted by molar-refractivity contribution is 0.608. The number of aromatic amines is 1. The van der Waals surface area contributed by atoms with Crippen LogP contribution < -0.4 is 11.3 Å². The zero-order chi connectivity index (χ0) is 15.0. The first kappa shape index (κ1) is 14.0. The van der Waals surface area contributed by atoms with Crippen LogP contribution in [0.5, 0.6) is 0 Å². The number of aromatic nitrogens is 3. The lowest BCUT2D eigenvalue weighted by Gasteiger charge is -2.04. The molecule has 3 N–H and O–H groups in total. The van der Waals surface area contributed by atoms with E-state index in [1.54, 1.807) is 25.1 Å². The topological polar surface area (TPSA) is 84.7 Å². The maximum absolute atomic E-state index is 13.9. The van der Waals surface area contributed by atoms with Crippen molar-refractivity contribution in [3.63, 3.8) is 0 Å². The van der Waals surface area contributed by atoms with E-state index in [1.807, 2.05) is 0 Å². The maximum atomic E-state index is 13.9. The number of hydrogen-bond acceptors (Lipinski definition) is 6. The van der Waals surface area contributed by atoms with Gasteiger partial charge in [-0.25, -0.2) is 14.4 Å². The van der Waals surface area contributed by atoms with E-state index >= 15 is 0 Å². The number of thiazole rings is 1. The Morgan fingerprint density at radius 2 is 2.24 bits per heavy atom. The molecule has 0 saturated heterocycles. The minimum Gasteiger partial charge on any atom is -0.375 e. The quantitative estimate of drug-likeness (QED) is 0.572. The molecule has 0 fully saturated rings. The fourth-order valence-corrected chi connectivity index (χ4v) is 3.36. The van der Waals surface area contributed by atoms with Crippen LogP contribution >= 0.6 is 23.1 Å². The number of halogens is 1. The third kappa shape index (κ3) is 2.77. The van der Waals surface area contributed by atoms with Crippen LogP contribution in [0.1, 0.15) is 11.1 Å². The van der Waals surface area contributed by atoms with E-state index in [-0.39, 0.29) is 11.4 Å². The van der Waals surface area contributed by atoms with Gasteiger partial charge in [0.05, 0.1) is 0 Å². The molecule has 1 aromatic carbocycles. The van der Waals surface area contributed by atoms with Gasteiger partial charge in [-0.15, -0.1) is 0 Å². The van der Waals surface area contributed by atoms with E-state index in [1.165, 1.54) is 11.8 Å². The molecule has 0 spiro atoms. The molecular weight excluding hydrogens is 311 g/mol. The molecule has 0 aliphatic rings. The number of nitrogens with zero attached hydrogens (tertiary/aromatic N) is 2. The van der Waals surface area contributed by atoms with Gasteiger partial charge in [-0.05, 0) is 18.1 Å². The lowest BCUT2D eigenvalue weighted by atomic mass is 10.1. The van der Waals surface area contributed by atoms with E-state index in [0.29, 0.717) is 37.5 Å². The van der Waals surface area contributed by atoms with Crippen molar-refractivity contribution in [1.29, 1.82) is 0 Å². The average molecular weight is 322 g/mol. The van der Waals surface area contributed by atoms with Crippen molar-refractivity contribution in [1.82, 2.24) is 15.0 Å². The zero-order valence-electron chi connectivity index (χ0n) is 11.0. The Balaban J connectivity index is 1.88. The zero-order valence-corrected chi connectivity index (χ0v) is 12.6. The van der Waals surface area contributed by atoms with Crippen LogP contribution in [0.3, 0.4) is 0 Å². The summed E-state index contributed by atoms with van der Waals surface area (Å²) >= 11 is 2.35. The standard InChI is InChI=1S/C13H11FN4OS2/c1-6-3-2-4-7(8(6)14)5-20-13-17-10-9(11(19)18-13)21-12(15)16-10/h2-4H,5H2,1H3,(H3,15,16,17,18,19). The first-order valence-electron chi connectivity index (χ1n) is 6.07. The van der Waals surface area contributed by atoms with Crippen LogP contribution in [0.25, 0.3) is 10.3 Å². The maximum Gasteiger partial charge on any atom is 0.271 e. The Bertz CT molecular complexity index is 874. The summed E-state index contributed by atoms with van der Waals surface area (Å²) in [6.45, 7) is 1.72. The molecule has 0 aliphatic heterocycles. The predicted octanol–water partition coefficient (Wildman–Crippen LogP) is 2.70. The molecule has 2 aromatic heterocycles. The van der Waals surface area contributed by atoms with Gasteiger partial charge in [0, 0.05) is 5.75 Å². The number of aryl methyl sites for hydroxylation is 1. The number of H-pyrrole nitrogens is 1. The molecule has 2 heterocycles. The van der Waals surface area contributed by atoms with Gasteiger partial charge >= 0.3 is 0 Å². The van der Waals surface area contributed by atoms with Crippen LogP contribution in [0.4, 0.5) is 9.52 Å². The van der Waals surface area contributed by atoms with Crippen LogP contribution in [-0.4, -0.2) is 15.0 Å². The van der Waals surface area contributed by atoms with E-state index in [9.17, 15) is 9.18 Å². The highest BCUT2D eigenvalue weighted by Crippen LogP contribution is 2.24. The predicted molar refractivity (Wildman–Crippen MR) is 83.1 cm³/mol.